The molecular weight excluding hydrogens is 164 g/mol. The number of nitrogens with two attached hydrogens (primary N) is 1. The van der Waals surface area contributed by atoms with E-state index in [2.05, 4.69) is 9.97 Å². The zero-order valence-electron chi connectivity index (χ0n) is 6.17. The highest BCUT2D eigenvalue weighted by Gasteiger charge is 2.71. The summed E-state index contributed by atoms with van der Waals surface area (Å²) >= 11 is 0. The molecule has 0 radical (unpaired) electrons. The van der Waals surface area contributed by atoms with Gasteiger partial charge in [-0.1, -0.05) is 0 Å². The molecule has 1 saturated carbocycles. The van der Waals surface area contributed by atoms with Crippen LogP contribution in [0.5, 0.6) is 0 Å². The topological polar surface area (TPSA) is 51.8 Å². The average Bonchev–Trinajstić information content (AvgIpc) is 2.55. The summed E-state index contributed by atoms with van der Waals surface area (Å²) in [6.07, 6.45) is 3.73. The number of hydrogen-bond acceptors (Lipinski definition) is 3. The molecule has 0 bridgehead atoms. The van der Waals surface area contributed by atoms with Crippen LogP contribution < -0.4 is 5.73 Å². The van der Waals surface area contributed by atoms with E-state index in [-0.39, 0.29) is 12.1 Å². The Morgan fingerprint density at radius 2 is 2.08 bits per heavy atom. The molecule has 1 fully saturated rings. The monoisotopic (exact) mass is 171 g/mol. The molecule has 0 aromatic carbocycles. The normalized spacial score (nSPS) is 31.6. The van der Waals surface area contributed by atoms with E-state index in [9.17, 15) is 8.78 Å². The Morgan fingerprint density at radius 1 is 1.42 bits per heavy atom. The van der Waals surface area contributed by atoms with Crippen molar-refractivity contribution in [1.29, 1.82) is 0 Å². The number of halogens is 2. The van der Waals surface area contributed by atoms with Crippen molar-refractivity contribution in [3.8, 4) is 0 Å². The minimum Gasteiger partial charge on any atom is -0.315 e. The van der Waals surface area contributed by atoms with Gasteiger partial charge in [-0.2, -0.15) is 0 Å². The molecule has 1 aliphatic rings. The number of aromatic nitrogens is 2. The molecule has 3 nitrogen and oxygen atoms in total. The minimum absolute atomic E-state index is 0.162. The predicted molar refractivity (Wildman–Crippen MR) is 37.5 cm³/mol. The smallest absolute Gasteiger partial charge is 0.274 e. The van der Waals surface area contributed by atoms with Gasteiger partial charge in [0, 0.05) is 18.8 Å². The van der Waals surface area contributed by atoms with Crippen LogP contribution >= 0.6 is 0 Å². The lowest BCUT2D eigenvalue weighted by molar-refractivity contribution is 0.0880. The SMILES string of the molecule is NC1(c2cnccn2)CC1(F)F. The first-order valence-electron chi connectivity index (χ1n) is 3.49. The van der Waals surface area contributed by atoms with Crippen LogP contribution in [0.1, 0.15) is 12.1 Å². The number of rotatable bonds is 1. The minimum atomic E-state index is -2.82. The van der Waals surface area contributed by atoms with Gasteiger partial charge in [0.05, 0.1) is 11.9 Å². The maximum Gasteiger partial charge on any atom is 0.274 e. The first-order chi connectivity index (χ1) is 5.56. The fourth-order valence-corrected chi connectivity index (χ4v) is 1.11. The van der Waals surface area contributed by atoms with Crippen LogP contribution in [-0.4, -0.2) is 15.9 Å². The fraction of sp³-hybridized carbons (Fsp3) is 0.429. The zero-order valence-corrected chi connectivity index (χ0v) is 6.17. The van der Waals surface area contributed by atoms with E-state index in [0.29, 0.717) is 0 Å². The largest absolute Gasteiger partial charge is 0.315 e. The Morgan fingerprint density at radius 3 is 2.50 bits per heavy atom. The Balaban J connectivity index is 2.35. The van der Waals surface area contributed by atoms with Crippen LogP contribution in [0.25, 0.3) is 0 Å². The number of alkyl halides is 2. The van der Waals surface area contributed by atoms with Gasteiger partial charge in [-0.3, -0.25) is 9.97 Å². The summed E-state index contributed by atoms with van der Waals surface area (Å²) in [4.78, 5) is 7.42. The van der Waals surface area contributed by atoms with Crippen molar-refractivity contribution in [1.82, 2.24) is 9.97 Å². The van der Waals surface area contributed by atoms with Crippen LogP contribution in [0.15, 0.2) is 18.6 Å². The molecular formula is C7H7F2N3. The molecule has 1 unspecified atom stereocenters. The van der Waals surface area contributed by atoms with Gasteiger partial charge in [0.1, 0.15) is 5.54 Å². The van der Waals surface area contributed by atoms with Gasteiger partial charge in [0.15, 0.2) is 0 Å². The van der Waals surface area contributed by atoms with Gasteiger partial charge in [-0.05, 0) is 0 Å². The van der Waals surface area contributed by atoms with Crippen molar-refractivity contribution in [3.05, 3.63) is 24.3 Å². The van der Waals surface area contributed by atoms with E-state index in [1.54, 1.807) is 0 Å². The third kappa shape index (κ3) is 0.828. The van der Waals surface area contributed by atoms with Gasteiger partial charge < -0.3 is 5.73 Å². The van der Waals surface area contributed by atoms with Crippen LogP contribution in [-0.2, 0) is 5.54 Å². The van der Waals surface area contributed by atoms with Crippen molar-refractivity contribution in [2.75, 3.05) is 0 Å². The molecule has 0 amide bonds. The molecule has 0 aliphatic heterocycles. The van der Waals surface area contributed by atoms with Crippen molar-refractivity contribution in [3.63, 3.8) is 0 Å². The standard InChI is InChI=1S/C7H7F2N3/c8-7(9)4-6(7,10)5-3-11-1-2-12-5/h1-3H,4,10H2. The Kier molecular flexibility index (Phi) is 1.24. The maximum atomic E-state index is 12.7. The Labute approximate surface area is 67.6 Å². The van der Waals surface area contributed by atoms with Gasteiger partial charge in [0.2, 0.25) is 0 Å². The van der Waals surface area contributed by atoms with Crippen molar-refractivity contribution in [2.45, 2.75) is 17.9 Å². The summed E-state index contributed by atoms with van der Waals surface area (Å²) in [7, 11) is 0. The van der Waals surface area contributed by atoms with Crippen LogP contribution in [0.4, 0.5) is 8.78 Å². The van der Waals surface area contributed by atoms with Gasteiger partial charge in [-0.25, -0.2) is 8.78 Å². The van der Waals surface area contributed by atoms with Gasteiger partial charge in [0.25, 0.3) is 5.92 Å². The van der Waals surface area contributed by atoms with E-state index in [1.807, 2.05) is 0 Å². The maximum absolute atomic E-state index is 12.7. The van der Waals surface area contributed by atoms with E-state index in [1.165, 1.54) is 18.6 Å². The average molecular weight is 171 g/mol. The number of nitrogens with zero attached hydrogens (tertiary/aromatic N) is 2. The van der Waals surface area contributed by atoms with Gasteiger partial charge in [-0.15, -0.1) is 0 Å². The Hall–Kier alpha value is -1.10. The van der Waals surface area contributed by atoms with Crippen molar-refractivity contribution < 1.29 is 8.78 Å². The molecule has 5 heteroatoms. The third-order valence-electron chi connectivity index (χ3n) is 2.05. The summed E-state index contributed by atoms with van der Waals surface area (Å²) in [5.74, 6) is -2.82. The molecule has 2 N–H and O–H groups in total. The molecule has 2 rings (SSSR count). The quantitative estimate of drug-likeness (QED) is 0.675. The molecule has 1 aromatic rings. The van der Waals surface area contributed by atoms with E-state index in [0.717, 1.165) is 0 Å². The summed E-state index contributed by atoms with van der Waals surface area (Å²) in [5, 5.41) is 0. The zero-order chi connectivity index (χ0) is 8.82. The highest BCUT2D eigenvalue weighted by atomic mass is 19.3. The highest BCUT2D eigenvalue weighted by molar-refractivity contribution is 5.28. The Bertz CT molecular complexity index is 301. The summed E-state index contributed by atoms with van der Waals surface area (Å²) in [6, 6.07) is 0. The first-order valence-corrected chi connectivity index (χ1v) is 3.49. The van der Waals surface area contributed by atoms with E-state index >= 15 is 0 Å². The second-order valence-electron chi connectivity index (χ2n) is 2.94. The highest BCUT2D eigenvalue weighted by Crippen LogP contribution is 2.56. The van der Waals surface area contributed by atoms with Crippen molar-refractivity contribution in [2.24, 2.45) is 5.73 Å². The molecule has 64 valence electrons. The molecule has 1 heterocycles. The van der Waals surface area contributed by atoms with E-state index < -0.39 is 11.5 Å². The molecule has 1 aliphatic carbocycles. The second-order valence-corrected chi connectivity index (χ2v) is 2.94. The predicted octanol–water partition coefficient (Wildman–Crippen LogP) is 0.670. The number of hydrogen-bond donors (Lipinski definition) is 1. The summed E-state index contributed by atoms with van der Waals surface area (Å²) in [5.41, 5.74) is 3.99. The van der Waals surface area contributed by atoms with Crippen LogP contribution in [0, 0.1) is 0 Å². The summed E-state index contributed by atoms with van der Waals surface area (Å²) < 4.78 is 25.3. The van der Waals surface area contributed by atoms with Gasteiger partial charge >= 0.3 is 0 Å². The fourth-order valence-electron chi connectivity index (χ4n) is 1.11. The second kappa shape index (κ2) is 1.98. The van der Waals surface area contributed by atoms with Crippen molar-refractivity contribution >= 4 is 0 Å². The molecule has 1 atom stereocenters. The summed E-state index contributed by atoms with van der Waals surface area (Å²) in [6.45, 7) is 0. The van der Waals surface area contributed by atoms with Crippen LogP contribution in [0.3, 0.4) is 0 Å². The lowest BCUT2D eigenvalue weighted by Crippen LogP contribution is -2.28. The lowest BCUT2D eigenvalue weighted by Gasteiger charge is -2.07. The molecule has 0 spiro atoms. The molecule has 0 saturated heterocycles. The van der Waals surface area contributed by atoms with E-state index in [4.69, 9.17) is 5.73 Å². The lowest BCUT2D eigenvalue weighted by atomic mass is 10.2. The molecule has 12 heavy (non-hydrogen) atoms. The first kappa shape index (κ1) is 7.54. The molecule has 1 aromatic heterocycles. The van der Waals surface area contributed by atoms with Crippen LogP contribution in [0.2, 0.25) is 0 Å². The third-order valence-corrected chi connectivity index (χ3v) is 2.05.